The van der Waals surface area contributed by atoms with E-state index in [4.69, 9.17) is 17.3 Å². The normalized spacial score (nSPS) is 14.0. The van der Waals surface area contributed by atoms with Gasteiger partial charge in [-0.05, 0) is 12.1 Å². The number of alkyl halides is 5. The van der Waals surface area contributed by atoms with Crippen LogP contribution in [0.2, 0.25) is 5.02 Å². The molecular formula is C9H7Cl2F6N. The van der Waals surface area contributed by atoms with E-state index >= 15 is 0 Å². The van der Waals surface area contributed by atoms with Crippen molar-refractivity contribution in [1.29, 1.82) is 0 Å². The summed E-state index contributed by atoms with van der Waals surface area (Å²) >= 11 is 5.36. The maximum atomic E-state index is 13.2. The van der Waals surface area contributed by atoms with Crippen molar-refractivity contribution < 1.29 is 26.3 Å². The Morgan fingerprint density at radius 3 is 2.00 bits per heavy atom. The first kappa shape index (κ1) is 17.3. The highest BCUT2D eigenvalue weighted by atomic mass is 35.5. The molecule has 104 valence electrons. The third-order valence-electron chi connectivity index (χ3n) is 2.08. The average Bonchev–Trinajstić information content (AvgIpc) is 2.15. The predicted octanol–water partition coefficient (Wildman–Crippen LogP) is 4.10. The molecule has 0 spiro atoms. The first-order valence-electron chi connectivity index (χ1n) is 4.23. The van der Waals surface area contributed by atoms with Gasteiger partial charge in [-0.3, -0.25) is 0 Å². The molecule has 9 heteroatoms. The molecule has 1 aromatic rings. The molecule has 1 nitrogen and oxygen atoms in total. The van der Waals surface area contributed by atoms with E-state index in [9.17, 15) is 26.3 Å². The Hall–Kier alpha value is -0.660. The van der Waals surface area contributed by atoms with Crippen LogP contribution in [-0.4, -0.2) is 12.1 Å². The van der Waals surface area contributed by atoms with Gasteiger partial charge >= 0.3 is 12.1 Å². The van der Waals surface area contributed by atoms with Crippen molar-refractivity contribution >= 4 is 24.0 Å². The van der Waals surface area contributed by atoms with E-state index in [2.05, 4.69) is 0 Å². The Morgan fingerprint density at radius 2 is 1.61 bits per heavy atom. The van der Waals surface area contributed by atoms with Crippen LogP contribution in [-0.2, 0) is 0 Å². The highest BCUT2D eigenvalue weighted by molar-refractivity contribution is 6.31. The van der Waals surface area contributed by atoms with Crippen LogP contribution in [0.25, 0.3) is 0 Å². The lowest BCUT2D eigenvalue weighted by Gasteiger charge is -2.26. The third kappa shape index (κ3) is 3.02. The van der Waals surface area contributed by atoms with Gasteiger partial charge in [0.2, 0.25) is 0 Å². The smallest absolute Gasteiger partial charge is 0.319 e. The SMILES string of the molecule is Cl.N[C@H](c1c(F)cccc1Cl)C(F)(F)C(F)(F)F. The fourth-order valence-corrected chi connectivity index (χ4v) is 1.45. The van der Waals surface area contributed by atoms with Crippen molar-refractivity contribution in [2.75, 3.05) is 0 Å². The molecule has 1 aromatic carbocycles. The van der Waals surface area contributed by atoms with Gasteiger partial charge in [0.1, 0.15) is 11.9 Å². The number of hydrogen-bond donors (Lipinski definition) is 1. The van der Waals surface area contributed by atoms with Gasteiger partial charge in [0.05, 0.1) is 0 Å². The molecule has 0 fully saturated rings. The van der Waals surface area contributed by atoms with Crippen LogP contribution in [0, 0.1) is 5.82 Å². The lowest BCUT2D eigenvalue weighted by atomic mass is 10.0. The van der Waals surface area contributed by atoms with E-state index in [1.54, 1.807) is 0 Å². The molecule has 0 bridgehead atoms. The van der Waals surface area contributed by atoms with E-state index in [1.165, 1.54) is 0 Å². The number of nitrogens with two attached hydrogens (primary N) is 1. The van der Waals surface area contributed by atoms with Crippen molar-refractivity contribution in [3.8, 4) is 0 Å². The van der Waals surface area contributed by atoms with E-state index in [0.29, 0.717) is 6.07 Å². The number of halogens is 8. The quantitative estimate of drug-likeness (QED) is 0.817. The summed E-state index contributed by atoms with van der Waals surface area (Å²) in [6, 6.07) is -0.143. The molecule has 0 unspecified atom stereocenters. The summed E-state index contributed by atoms with van der Waals surface area (Å²) in [6.07, 6.45) is -5.88. The summed E-state index contributed by atoms with van der Waals surface area (Å²) in [6.45, 7) is 0. The summed E-state index contributed by atoms with van der Waals surface area (Å²) in [5, 5.41) is -0.582. The fraction of sp³-hybridized carbons (Fsp3) is 0.333. The first-order valence-corrected chi connectivity index (χ1v) is 4.61. The molecule has 0 amide bonds. The molecule has 1 rings (SSSR count). The zero-order valence-electron chi connectivity index (χ0n) is 8.44. The highest BCUT2D eigenvalue weighted by Crippen LogP contribution is 2.45. The molecule has 0 aliphatic heterocycles. The van der Waals surface area contributed by atoms with Gasteiger partial charge in [0.25, 0.3) is 0 Å². The van der Waals surface area contributed by atoms with Gasteiger partial charge in [-0.15, -0.1) is 12.4 Å². The van der Waals surface area contributed by atoms with E-state index < -0.39 is 34.5 Å². The fourth-order valence-electron chi connectivity index (χ4n) is 1.17. The Bertz CT molecular complexity index is 400. The summed E-state index contributed by atoms with van der Waals surface area (Å²) in [5.74, 6) is -6.58. The van der Waals surface area contributed by atoms with Gasteiger partial charge in [0, 0.05) is 10.6 Å². The van der Waals surface area contributed by atoms with Gasteiger partial charge in [-0.1, -0.05) is 17.7 Å². The molecule has 1 atom stereocenters. The number of benzene rings is 1. The van der Waals surface area contributed by atoms with Crippen LogP contribution < -0.4 is 5.73 Å². The highest BCUT2D eigenvalue weighted by Gasteiger charge is 2.62. The van der Waals surface area contributed by atoms with Crippen molar-refractivity contribution in [3.63, 3.8) is 0 Å². The van der Waals surface area contributed by atoms with Gasteiger partial charge in [-0.2, -0.15) is 22.0 Å². The lowest BCUT2D eigenvalue weighted by molar-refractivity contribution is -0.291. The minimum Gasteiger partial charge on any atom is -0.319 e. The molecular weight excluding hydrogens is 307 g/mol. The maximum absolute atomic E-state index is 13.2. The van der Waals surface area contributed by atoms with Gasteiger partial charge in [-0.25, -0.2) is 4.39 Å². The van der Waals surface area contributed by atoms with Crippen LogP contribution in [0.4, 0.5) is 26.3 Å². The zero-order valence-corrected chi connectivity index (χ0v) is 10.0. The van der Waals surface area contributed by atoms with Crippen molar-refractivity contribution in [1.82, 2.24) is 0 Å². The van der Waals surface area contributed by atoms with E-state index in [0.717, 1.165) is 12.1 Å². The molecule has 0 aromatic heterocycles. The number of rotatable bonds is 2. The second-order valence-electron chi connectivity index (χ2n) is 3.23. The van der Waals surface area contributed by atoms with Gasteiger partial charge in [0.15, 0.2) is 0 Å². The third-order valence-corrected chi connectivity index (χ3v) is 2.41. The minimum atomic E-state index is -5.88. The minimum absolute atomic E-state index is 0. The van der Waals surface area contributed by atoms with Crippen molar-refractivity contribution in [2.24, 2.45) is 5.73 Å². The van der Waals surface area contributed by atoms with Crippen LogP contribution in [0.15, 0.2) is 18.2 Å². The average molecular weight is 314 g/mol. The Morgan fingerprint density at radius 1 is 1.11 bits per heavy atom. The molecule has 0 aliphatic rings. The van der Waals surface area contributed by atoms with E-state index in [1.807, 2.05) is 0 Å². The van der Waals surface area contributed by atoms with Crippen LogP contribution in [0.5, 0.6) is 0 Å². The number of hydrogen-bond acceptors (Lipinski definition) is 1. The first-order chi connectivity index (χ1) is 7.59. The van der Waals surface area contributed by atoms with Crippen molar-refractivity contribution in [3.05, 3.63) is 34.6 Å². The summed E-state index contributed by atoms with van der Waals surface area (Å²) < 4.78 is 75.1. The van der Waals surface area contributed by atoms with Crippen LogP contribution >= 0.6 is 24.0 Å². The molecule has 0 saturated carbocycles. The standard InChI is InChI=1S/C9H6ClF6N.ClH/c10-4-2-1-3-5(11)6(4)7(17)8(12,13)9(14,15)16;/h1-3,7H,17H2;1H/t7-;/m1./s1. The lowest BCUT2D eigenvalue weighted by Crippen LogP contribution is -2.46. The molecule has 0 radical (unpaired) electrons. The second kappa shape index (κ2) is 5.54. The van der Waals surface area contributed by atoms with Crippen LogP contribution in [0.1, 0.15) is 11.6 Å². The summed E-state index contributed by atoms with van der Waals surface area (Å²) in [7, 11) is 0. The van der Waals surface area contributed by atoms with Crippen LogP contribution in [0.3, 0.4) is 0 Å². The van der Waals surface area contributed by atoms with Gasteiger partial charge < -0.3 is 5.73 Å². The maximum Gasteiger partial charge on any atom is 0.455 e. The molecule has 0 aliphatic carbocycles. The molecule has 18 heavy (non-hydrogen) atoms. The summed E-state index contributed by atoms with van der Waals surface area (Å²) in [5.41, 5.74) is 3.71. The second-order valence-corrected chi connectivity index (χ2v) is 3.64. The Kier molecular flexibility index (Phi) is 5.34. The molecule has 2 N–H and O–H groups in total. The Balaban J connectivity index is 0.00000289. The summed E-state index contributed by atoms with van der Waals surface area (Å²) in [4.78, 5) is 0. The molecule has 0 saturated heterocycles. The Labute approximate surface area is 109 Å². The van der Waals surface area contributed by atoms with E-state index in [-0.39, 0.29) is 12.4 Å². The zero-order chi connectivity index (χ0) is 13.4. The predicted molar refractivity (Wildman–Crippen MR) is 56.6 cm³/mol. The molecule has 0 heterocycles. The topological polar surface area (TPSA) is 26.0 Å². The van der Waals surface area contributed by atoms with Crippen molar-refractivity contribution in [2.45, 2.75) is 18.1 Å². The largest absolute Gasteiger partial charge is 0.455 e. The monoisotopic (exact) mass is 313 g/mol.